The first-order valence-corrected chi connectivity index (χ1v) is 12.9. The summed E-state index contributed by atoms with van der Waals surface area (Å²) >= 11 is 0. The molecule has 2 atom stereocenters. The van der Waals surface area contributed by atoms with Crippen LogP contribution >= 0.6 is 7.82 Å². The second kappa shape index (κ2) is 18.8. The molecule has 0 spiro atoms. The van der Waals surface area contributed by atoms with Crippen LogP contribution in [0.3, 0.4) is 0 Å². The van der Waals surface area contributed by atoms with Gasteiger partial charge in [-0.15, -0.1) is 0 Å². The van der Waals surface area contributed by atoms with Crippen LogP contribution in [0.15, 0.2) is 0 Å². The molecule has 0 aliphatic heterocycles. The van der Waals surface area contributed by atoms with Gasteiger partial charge in [0.2, 0.25) is 5.91 Å². The molecule has 0 aromatic carbocycles. The lowest BCUT2D eigenvalue weighted by Gasteiger charge is -2.16. The molecule has 30 heavy (non-hydrogen) atoms. The number of nitrogens with one attached hydrogen (secondary N) is 1. The molecule has 0 rings (SSSR count). The topological polar surface area (TPSA) is 122 Å². The summed E-state index contributed by atoms with van der Waals surface area (Å²) < 4.78 is 21.3. The van der Waals surface area contributed by atoms with Crippen molar-refractivity contribution >= 4 is 19.7 Å². The molecule has 0 saturated carbocycles. The average molecular weight is 452 g/mol. The average Bonchev–Trinajstić information content (AvgIpc) is 2.67. The minimum absolute atomic E-state index is 0.0731. The van der Waals surface area contributed by atoms with Crippen LogP contribution in [0.5, 0.6) is 0 Å². The van der Waals surface area contributed by atoms with Gasteiger partial charge in [0.05, 0.1) is 13.2 Å². The van der Waals surface area contributed by atoms with E-state index in [9.17, 15) is 19.0 Å². The van der Waals surface area contributed by atoms with E-state index in [0.29, 0.717) is 6.42 Å². The predicted molar refractivity (Wildman–Crippen MR) is 117 cm³/mol. The summed E-state index contributed by atoms with van der Waals surface area (Å²) in [6.07, 6.45) is 17.0. The molecule has 0 aliphatic carbocycles. The fraction of sp³-hybridized carbons (Fsp3) is 0.905. The highest BCUT2D eigenvalue weighted by atomic mass is 31.2. The molecular weight excluding hydrogens is 409 g/mol. The Labute approximate surface area is 181 Å². The van der Waals surface area contributed by atoms with Crippen LogP contribution in [0.25, 0.3) is 0 Å². The first-order chi connectivity index (χ1) is 14.3. The number of hydrogen-bond donors (Lipinski definition) is 3. The van der Waals surface area contributed by atoms with Crippen LogP contribution in [0, 0.1) is 0 Å². The maximum absolute atomic E-state index is 11.8. The van der Waals surface area contributed by atoms with Gasteiger partial charge in [0.25, 0.3) is 0 Å². The maximum Gasteiger partial charge on any atom is 0.472 e. The molecule has 9 heteroatoms. The number of aliphatic carboxylic acids is 1. The summed E-state index contributed by atoms with van der Waals surface area (Å²) in [4.78, 5) is 31.5. The summed E-state index contributed by atoms with van der Waals surface area (Å²) in [6, 6.07) is -1.40. The zero-order valence-corrected chi connectivity index (χ0v) is 19.7. The van der Waals surface area contributed by atoms with E-state index in [2.05, 4.69) is 16.8 Å². The van der Waals surface area contributed by atoms with Crippen molar-refractivity contribution in [3.63, 3.8) is 0 Å². The molecule has 0 saturated heterocycles. The smallest absolute Gasteiger partial charge is 0.472 e. The summed E-state index contributed by atoms with van der Waals surface area (Å²) in [5.74, 6) is -1.92. The Morgan fingerprint density at radius 1 is 0.833 bits per heavy atom. The fourth-order valence-corrected chi connectivity index (χ4v) is 3.87. The van der Waals surface area contributed by atoms with Crippen molar-refractivity contribution in [2.45, 2.75) is 110 Å². The molecular formula is C21H42NO7P. The van der Waals surface area contributed by atoms with E-state index in [1.54, 1.807) is 0 Å². The van der Waals surface area contributed by atoms with E-state index in [1.807, 2.05) is 0 Å². The lowest BCUT2D eigenvalue weighted by Crippen LogP contribution is -2.42. The second-order valence-electron chi connectivity index (χ2n) is 7.79. The van der Waals surface area contributed by atoms with Crippen molar-refractivity contribution < 1.29 is 33.2 Å². The fourth-order valence-electron chi connectivity index (χ4n) is 3.10. The molecule has 1 amide bonds. The van der Waals surface area contributed by atoms with Crippen molar-refractivity contribution in [1.82, 2.24) is 5.32 Å². The summed E-state index contributed by atoms with van der Waals surface area (Å²) in [5, 5.41) is 11.1. The zero-order valence-electron chi connectivity index (χ0n) is 18.8. The Bertz CT molecular complexity index is 502. The van der Waals surface area contributed by atoms with Gasteiger partial charge in [0, 0.05) is 6.92 Å². The van der Waals surface area contributed by atoms with Crippen LogP contribution in [-0.4, -0.2) is 41.1 Å². The van der Waals surface area contributed by atoms with E-state index in [-0.39, 0.29) is 6.61 Å². The third kappa shape index (κ3) is 19.0. The third-order valence-corrected chi connectivity index (χ3v) is 5.82. The van der Waals surface area contributed by atoms with Crippen LogP contribution in [-0.2, 0) is 23.2 Å². The number of unbranched alkanes of at least 4 members (excludes halogenated alkanes) is 13. The van der Waals surface area contributed by atoms with Crippen molar-refractivity contribution in [1.29, 1.82) is 0 Å². The Morgan fingerprint density at radius 3 is 1.67 bits per heavy atom. The Kier molecular flexibility index (Phi) is 18.2. The van der Waals surface area contributed by atoms with Gasteiger partial charge in [-0.25, -0.2) is 9.36 Å². The molecule has 3 N–H and O–H groups in total. The molecule has 0 radical (unpaired) electrons. The molecule has 0 aromatic rings. The molecule has 0 fully saturated rings. The highest BCUT2D eigenvalue weighted by molar-refractivity contribution is 7.47. The molecule has 0 heterocycles. The van der Waals surface area contributed by atoms with Gasteiger partial charge in [-0.1, -0.05) is 90.4 Å². The highest BCUT2D eigenvalue weighted by Crippen LogP contribution is 2.43. The van der Waals surface area contributed by atoms with Crippen LogP contribution < -0.4 is 5.32 Å². The van der Waals surface area contributed by atoms with Crippen LogP contribution in [0.1, 0.15) is 104 Å². The van der Waals surface area contributed by atoms with Crippen molar-refractivity contribution in [3.05, 3.63) is 0 Å². The monoisotopic (exact) mass is 451 g/mol. The Hall–Kier alpha value is -0.950. The van der Waals surface area contributed by atoms with E-state index >= 15 is 0 Å². The van der Waals surface area contributed by atoms with Crippen LogP contribution in [0.4, 0.5) is 0 Å². The SMILES string of the molecule is CCCCCCCCCCCCCCCCOP(=O)(O)OC[C@H](NC(C)=O)C(=O)O. The standard InChI is InChI=1S/C21H42NO7P/c1-3-4-5-6-7-8-9-10-11-12-13-14-15-16-17-28-30(26,27)29-18-20(21(24)25)22-19(2)23/h20H,3-18H2,1-2H3,(H,22,23)(H,24,25)(H,26,27)/t20-/m0/s1. The maximum atomic E-state index is 11.8. The van der Waals surface area contributed by atoms with Gasteiger partial charge in [0.15, 0.2) is 6.04 Å². The quantitative estimate of drug-likeness (QED) is 0.162. The van der Waals surface area contributed by atoms with E-state index < -0.39 is 32.3 Å². The van der Waals surface area contributed by atoms with Gasteiger partial charge in [-0.05, 0) is 6.42 Å². The van der Waals surface area contributed by atoms with Gasteiger partial charge >= 0.3 is 13.8 Å². The second-order valence-corrected chi connectivity index (χ2v) is 9.24. The minimum Gasteiger partial charge on any atom is -0.480 e. The molecule has 1 unspecified atom stereocenters. The summed E-state index contributed by atoms with van der Waals surface area (Å²) in [5.41, 5.74) is 0. The van der Waals surface area contributed by atoms with E-state index in [0.717, 1.165) is 26.2 Å². The normalized spacial score (nSPS) is 14.2. The molecule has 0 aliphatic rings. The van der Waals surface area contributed by atoms with Gasteiger partial charge in [-0.2, -0.15) is 0 Å². The predicted octanol–water partition coefficient (Wildman–Crippen LogP) is 5.19. The van der Waals surface area contributed by atoms with Crippen molar-refractivity contribution in [2.75, 3.05) is 13.2 Å². The number of hydrogen-bond acceptors (Lipinski definition) is 5. The number of amides is 1. The van der Waals surface area contributed by atoms with Gasteiger partial charge in [0.1, 0.15) is 0 Å². The lowest BCUT2D eigenvalue weighted by molar-refractivity contribution is -0.142. The third-order valence-electron chi connectivity index (χ3n) is 4.83. The van der Waals surface area contributed by atoms with Crippen molar-refractivity contribution in [3.8, 4) is 0 Å². The molecule has 0 aromatic heterocycles. The van der Waals surface area contributed by atoms with E-state index in [4.69, 9.17) is 9.63 Å². The first kappa shape index (κ1) is 29.1. The largest absolute Gasteiger partial charge is 0.480 e. The lowest BCUT2D eigenvalue weighted by atomic mass is 10.0. The Morgan fingerprint density at radius 2 is 1.27 bits per heavy atom. The number of carbonyl (C=O) groups excluding carboxylic acids is 1. The first-order valence-electron chi connectivity index (χ1n) is 11.4. The summed E-state index contributed by atoms with van der Waals surface area (Å²) in [6.45, 7) is 2.83. The number of carboxylic acid groups (broad SMARTS) is 1. The molecule has 0 bridgehead atoms. The van der Waals surface area contributed by atoms with E-state index in [1.165, 1.54) is 64.2 Å². The molecule has 178 valence electrons. The minimum atomic E-state index is -4.33. The highest BCUT2D eigenvalue weighted by Gasteiger charge is 2.26. The van der Waals surface area contributed by atoms with Crippen LogP contribution in [0.2, 0.25) is 0 Å². The van der Waals surface area contributed by atoms with Gasteiger partial charge < -0.3 is 15.3 Å². The molecule has 8 nitrogen and oxygen atoms in total. The number of carbonyl (C=O) groups is 2. The summed E-state index contributed by atoms with van der Waals surface area (Å²) in [7, 11) is -4.33. The van der Waals surface area contributed by atoms with Gasteiger partial charge in [-0.3, -0.25) is 13.8 Å². The number of carboxylic acids is 1. The number of phosphoric ester groups is 1. The zero-order chi connectivity index (χ0) is 22.7. The number of rotatable bonds is 21. The van der Waals surface area contributed by atoms with Crippen molar-refractivity contribution in [2.24, 2.45) is 0 Å². The number of phosphoric acid groups is 1. The Balaban J connectivity index is 3.57.